The number of para-hydroxylation sites is 1. The van der Waals surface area contributed by atoms with Gasteiger partial charge in [0.15, 0.2) is 5.11 Å². The van der Waals surface area contributed by atoms with Crippen molar-refractivity contribution in [2.75, 3.05) is 5.32 Å². The molecular weight excluding hydrogens is 382 g/mol. The summed E-state index contributed by atoms with van der Waals surface area (Å²) in [4.78, 5) is 10.6. The van der Waals surface area contributed by atoms with E-state index in [0.717, 1.165) is 36.1 Å². The van der Waals surface area contributed by atoms with E-state index < -0.39 is 5.97 Å². The molecule has 0 aromatic heterocycles. The zero-order valence-electron chi connectivity index (χ0n) is 17.0. The summed E-state index contributed by atoms with van der Waals surface area (Å²) >= 11 is 5.37. The van der Waals surface area contributed by atoms with E-state index in [0.29, 0.717) is 23.4 Å². The van der Waals surface area contributed by atoms with E-state index in [1.807, 2.05) is 30.3 Å². The van der Waals surface area contributed by atoms with Gasteiger partial charge in [0.05, 0.1) is 0 Å². The van der Waals surface area contributed by atoms with Gasteiger partial charge < -0.3 is 10.4 Å². The van der Waals surface area contributed by atoms with Crippen LogP contribution < -0.4 is 10.7 Å². The molecule has 4 atom stereocenters. The number of hydrogen-bond acceptors (Lipinski definition) is 3. The van der Waals surface area contributed by atoms with Crippen LogP contribution in [0.1, 0.15) is 51.9 Å². The molecule has 0 amide bonds. The largest absolute Gasteiger partial charge is 0.481 e. The Labute approximate surface area is 178 Å². The molecule has 29 heavy (non-hydrogen) atoms. The summed E-state index contributed by atoms with van der Waals surface area (Å²) in [6.45, 7) is 2.12. The molecule has 2 aliphatic carbocycles. The summed E-state index contributed by atoms with van der Waals surface area (Å²) in [5.41, 5.74) is 5.10. The van der Waals surface area contributed by atoms with Crippen LogP contribution in [0.25, 0.3) is 0 Å². The van der Waals surface area contributed by atoms with Gasteiger partial charge in [-0.1, -0.05) is 30.4 Å². The summed E-state index contributed by atoms with van der Waals surface area (Å²) in [5.74, 6) is 1.93. The Morgan fingerprint density at radius 2 is 2.00 bits per heavy atom. The van der Waals surface area contributed by atoms with Gasteiger partial charge in [0.2, 0.25) is 0 Å². The number of benzene rings is 1. The number of hydrazone groups is 1. The lowest BCUT2D eigenvalue weighted by Gasteiger charge is -2.30. The van der Waals surface area contributed by atoms with Gasteiger partial charge in [-0.3, -0.25) is 10.2 Å². The Kier molecular flexibility index (Phi) is 7.81. The third-order valence-electron chi connectivity index (χ3n) is 6.27. The number of carboxylic acid groups (broad SMARTS) is 1. The maximum absolute atomic E-state index is 10.6. The number of unbranched alkanes of at least 4 members (excludes halogenated alkanes) is 1. The van der Waals surface area contributed by atoms with Crippen molar-refractivity contribution in [3.05, 3.63) is 42.5 Å². The molecule has 0 aliphatic heterocycles. The Balaban J connectivity index is 1.52. The summed E-state index contributed by atoms with van der Waals surface area (Å²) in [6.07, 6.45) is 11.2. The summed E-state index contributed by atoms with van der Waals surface area (Å²) in [6, 6.07) is 9.85. The summed E-state index contributed by atoms with van der Waals surface area (Å²) < 4.78 is 0. The second-order valence-electron chi connectivity index (χ2n) is 8.20. The lowest BCUT2D eigenvalue weighted by atomic mass is 9.75. The van der Waals surface area contributed by atoms with Crippen molar-refractivity contribution >= 4 is 34.7 Å². The molecule has 4 unspecified atom stereocenters. The second kappa shape index (κ2) is 10.5. The highest BCUT2D eigenvalue weighted by molar-refractivity contribution is 7.80. The van der Waals surface area contributed by atoms with E-state index in [1.54, 1.807) is 0 Å². The van der Waals surface area contributed by atoms with Gasteiger partial charge in [0.25, 0.3) is 0 Å². The smallest absolute Gasteiger partial charge is 0.303 e. The summed E-state index contributed by atoms with van der Waals surface area (Å²) in [5, 5.41) is 17.0. The maximum atomic E-state index is 10.6. The third kappa shape index (κ3) is 6.13. The molecule has 0 radical (unpaired) electrons. The van der Waals surface area contributed by atoms with Crippen molar-refractivity contribution in [3.63, 3.8) is 0 Å². The fourth-order valence-electron chi connectivity index (χ4n) is 5.04. The van der Waals surface area contributed by atoms with E-state index in [-0.39, 0.29) is 6.42 Å². The molecule has 3 rings (SSSR count). The Morgan fingerprint density at radius 1 is 1.24 bits per heavy atom. The summed E-state index contributed by atoms with van der Waals surface area (Å²) in [7, 11) is 0. The van der Waals surface area contributed by atoms with Gasteiger partial charge in [-0.2, -0.15) is 5.10 Å². The first-order chi connectivity index (χ1) is 14.0. The molecule has 0 saturated heterocycles. The van der Waals surface area contributed by atoms with E-state index in [9.17, 15) is 4.79 Å². The minimum atomic E-state index is -0.717. The first-order valence-corrected chi connectivity index (χ1v) is 11.0. The quantitative estimate of drug-likeness (QED) is 0.170. The zero-order chi connectivity index (χ0) is 20.6. The van der Waals surface area contributed by atoms with Gasteiger partial charge in [-0.05, 0) is 87.6 Å². The average molecular weight is 414 g/mol. The van der Waals surface area contributed by atoms with Gasteiger partial charge in [-0.15, -0.1) is 0 Å². The van der Waals surface area contributed by atoms with Gasteiger partial charge in [0.1, 0.15) is 0 Å². The van der Waals surface area contributed by atoms with Crippen LogP contribution in [-0.4, -0.2) is 21.9 Å². The highest BCUT2D eigenvalue weighted by atomic mass is 32.1. The molecule has 0 heterocycles. The topological polar surface area (TPSA) is 73.7 Å². The van der Waals surface area contributed by atoms with E-state index in [1.165, 1.54) is 19.3 Å². The first kappa shape index (κ1) is 21.5. The van der Waals surface area contributed by atoms with Gasteiger partial charge in [-0.25, -0.2) is 0 Å². The molecule has 2 fully saturated rings. The van der Waals surface area contributed by atoms with Crippen molar-refractivity contribution in [1.82, 2.24) is 5.43 Å². The van der Waals surface area contributed by atoms with Crippen LogP contribution in [0.4, 0.5) is 5.69 Å². The number of rotatable bonds is 9. The van der Waals surface area contributed by atoms with Crippen LogP contribution in [0.2, 0.25) is 0 Å². The molecule has 1 aromatic carbocycles. The first-order valence-electron chi connectivity index (χ1n) is 10.6. The minimum absolute atomic E-state index is 0.245. The zero-order valence-corrected chi connectivity index (χ0v) is 17.8. The van der Waals surface area contributed by atoms with Crippen molar-refractivity contribution in [2.24, 2.45) is 28.8 Å². The van der Waals surface area contributed by atoms with Crippen molar-refractivity contribution < 1.29 is 9.90 Å². The Hall–Kier alpha value is -2.21. The Morgan fingerprint density at radius 3 is 2.76 bits per heavy atom. The number of allylic oxidation sites excluding steroid dienone is 2. The molecule has 2 aliphatic rings. The monoisotopic (exact) mass is 413 g/mol. The lowest BCUT2D eigenvalue weighted by molar-refractivity contribution is -0.137. The van der Waals surface area contributed by atoms with Crippen molar-refractivity contribution in [2.45, 2.75) is 51.9 Å². The van der Waals surface area contributed by atoms with Crippen molar-refractivity contribution in [1.29, 1.82) is 0 Å². The van der Waals surface area contributed by atoms with Crippen LogP contribution in [0.3, 0.4) is 0 Å². The molecule has 1 aromatic rings. The predicted molar refractivity (Wildman–Crippen MR) is 122 cm³/mol. The molecule has 3 N–H and O–H groups in total. The van der Waals surface area contributed by atoms with Crippen LogP contribution in [0, 0.1) is 23.7 Å². The number of carboxylic acids is 1. The number of nitrogens with one attached hydrogen (secondary N) is 2. The normalized spacial score (nSPS) is 26.0. The molecule has 2 bridgehead atoms. The van der Waals surface area contributed by atoms with Gasteiger partial charge in [0, 0.05) is 23.7 Å². The second-order valence-corrected chi connectivity index (χ2v) is 8.61. The predicted octanol–water partition coefficient (Wildman–Crippen LogP) is 5.21. The van der Waals surface area contributed by atoms with E-state index in [4.69, 9.17) is 17.3 Å². The standard InChI is InChI=1S/C23H31N3O2S/c1-16(25-26-23(29)24-19-9-5-4-6-10-19)22-18-14-13-17(15-18)20(22)11-7-2-3-8-12-21(27)28/h2,4-7,9-10,17-18,20,22H,3,8,11-15H2,1H3,(H,27,28)(H2,24,26,29)/b7-2+,25-16-. The fourth-order valence-corrected chi connectivity index (χ4v) is 5.20. The van der Waals surface area contributed by atoms with E-state index >= 15 is 0 Å². The van der Waals surface area contributed by atoms with Crippen LogP contribution in [0.5, 0.6) is 0 Å². The highest BCUT2D eigenvalue weighted by Crippen LogP contribution is 2.54. The number of anilines is 1. The number of hydrogen-bond donors (Lipinski definition) is 3. The van der Waals surface area contributed by atoms with E-state index in [2.05, 4.69) is 34.9 Å². The fraction of sp³-hybridized carbons (Fsp3) is 0.522. The van der Waals surface area contributed by atoms with Crippen molar-refractivity contribution in [3.8, 4) is 0 Å². The third-order valence-corrected chi connectivity index (χ3v) is 6.47. The molecular formula is C23H31N3O2S. The molecule has 156 valence electrons. The molecule has 6 heteroatoms. The molecule has 0 spiro atoms. The molecule has 5 nitrogen and oxygen atoms in total. The molecule has 2 saturated carbocycles. The number of nitrogens with zero attached hydrogens (tertiary/aromatic N) is 1. The van der Waals surface area contributed by atoms with Crippen LogP contribution in [0.15, 0.2) is 47.6 Å². The maximum Gasteiger partial charge on any atom is 0.303 e. The van der Waals surface area contributed by atoms with Gasteiger partial charge >= 0.3 is 5.97 Å². The Bertz CT molecular complexity index is 763. The lowest BCUT2D eigenvalue weighted by Crippen LogP contribution is -2.31. The average Bonchev–Trinajstić information content (AvgIpc) is 3.31. The van der Waals surface area contributed by atoms with Crippen LogP contribution in [-0.2, 0) is 4.79 Å². The number of aliphatic carboxylic acids is 1. The minimum Gasteiger partial charge on any atom is -0.481 e. The number of fused-ring (bicyclic) bond motifs is 2. The van der Waals surface area contributed by atoms with Crippen LogP contribution >= 0.6 is 12.2 Å². The SMILES string of the molecule is C/C(=N/NC(=S)Nc1ccccc1)C1C2CCC(C2)C1C/C=C/CCCC(=O)O. The highest BCUT2D eigenvalue weighted by Gasteiger charge is 2.47. The number of carbonyl (C=O) groups is 1. The number of thiocarbonyl (C=S) groups is 1.